The summed E-state index contributed by atoms with van der Waals surface area (Å²) in [6.07, 6.45) is 1.77. The van der Waals surface area contributed by atoms with Crippen LogP contribution >= 0.6 is 12.6 Å². The molecule has 1 heterocycles. The first-order valence-electron chi connectivity index (χ1n) is 3.22. The molecule has 0 spiro atoms. The van der Waals surface area contributed by atoms with Crippen LogP contribution in [0.2, 0.25) is 0 Å². The van der Waals surface area contributed by atoms with Crippen molar-refractivity contribution in [3.8, 4) is 0 Å². The van der Waals surface area contributed by atoms with Crippen LogP contribution in [0, 0.1) is 0 Å². The molecule has 1 saturated heterocycles. The van der Waals surface area contributed by atoms with E-state index < -0.39 is 25.5 Å². The van der Waals surface area contributed by atoms with Crippen LogP contribution in [-0.4, -0.2) is 18.0 Å². The first kappa shape index (κ1) is 8.30. The van der Waals surface area contributed by atoms with Crippen LogP contribution in [-0.2, 0) is 30.8 Å². The Kier molecular flexibility index (Phi) is 3.84. The van der Waals surface area contributed by atoms with Crippen molar-refractivity contribution in [2.75, 3.05) is 5.75 Å². The molecule has 0 aromatic rings. The summed E-state index contributed by atoms with van der Waals surface area (Å²) in [6.45, 7) is 2.13. The van der Waals surface area contributed by atoms with Gasteiger partial charge in [-0.2, -0.15) is 0 Å². The summed E-state index contributed by atoms with van der Waals surface area (Å²) in [5.74, 6) is 0.818. The van der Waals surface area contributed by atoms with E-state index in [1.165, 1.54) is 0 Å². The maximum absolute atomic E-state index is 5.46. The molecule has 1 rings (SSSR count). The summed E-state index contributed by atoms with van der Waals surface area (Å²) in [7, 11) is 0. The zero-order chi connectivity index (χ0) is 6.69. The van der Waals surface area contributed by atoms with Crippen molar-refractivity contribution in [3.63, 3.8) is 0 Å². The van der Waals surface area contributed by atoms with Gasteiger partial charge in [0, 0.05) is 0 Å². The van der Waals surface area contributed by atoms with E-state index in [9.17, 15) is 0 Å². The Hall–Kier alpha value is 1.21. The van der Waals surface area contributed by atoms with E-state index in [4.69, 9.17) is 5.29 Å². The molecular formula is C5H10HgO2S. The Morgan fingerprint density at radius 3 is 2.56 bits per heavy atom. The second-order valence-electron chi connectivity index (χ2n) is 2.12. The van der Waals surface area contributed by atoms with Gasteiger partial charge in [-0.15, -0.1) is 0 Å². The Balaban J connectivity index is 2.32. The molecule has 0 radical (unpaired) electrons. The minimum absolute atomic E-state index is 0.319. The molecule has 2 unspecified atom stereocenters. The van der Waals surface area contributed by atoms with Gasteiger partial charge in [-0.25, -0.2) is 0 Å². The molecule has 4 heteroatoms. The van der Waals surface area contributed by atoms with Crippen molar-refractivity contribution in [3.05, 3.63) is 0 Å². The molecule has 1 aliphatic rings. The van der Waals surface area contributed by atoms with Gasteiger partial charge in [0.25, 0.3) is 0 Å². The molecule has 0 aromatic carbocycles. The summed E-state index contributed by atoms with van der Waals surface area (Å²) >= 11 is 2.89. The van der Waals surface area contributed by atoms with E-state index in [1.54, 1.807) is 0 Å². The Bertz CT molecular complexity index is 81.0. The van der Waals surface area contributed by atoms with Crippen LogP contribution in [0.4, 0.5) is 0 Å². The molecule has 0 N–H and O–H groups in total. The van der Waals surface area contributed by atoms with Crippen LogP contribution in [0.5, 0.6) is 0 Å². The molecule has 0 saturated carbocycles. The van der Waals surface area contributed by atoms with E-state index in [0.717, 1.165) is 12.2 Å². The summed E-state index contributed by atoms with van der Waals surface area (Å²) in [6, 6.07) is 0. The summed E-state index contributed by atoms with van der Waals surface area (Å²) in [5.41, 5.74) is 0. The third-order valence-corrected chi connectivity index (χ3v) is 6.31. The summed E-state index contributed by atoms with van der Waals surface area (Å²) in [4.78, 5) is 0. The molecular weight excluding hydrogens is 325 g/mol. The Morgan fingerprint density at radius 1 is 1.44 bits per heavy atom. The molecule has 0 aliphatic carbocycles. The number of thiol groups is 1. The van der Waals surface area contributed by atoms with Gasteiger partial charge in [0.05, 0.1) is 0 Å². The molecule has 1 fully saturated rings. The Morgan fingerprint density at radius 2 is 2.11 bits per heavy atom. The summed E-state index contributed by atoms with van der Waals surface area (Å²) < 4.78 is 10.9. The van der Waals surface area contributed by atoms with Crippen molar-refractivity contribution in [2.45, 2.75) is 25.6 Å². The van der Waals surface area contributed by atoms with Crippen molar-refractivity contribution < 1.29 is 30.8 Å². The predicted molar refractivity (Wildman–Crippen MR) is 33.9 cm³/mol. The van der Waals surface area contributed by atoms with Crippen LogP contribution in [0.3, 0.4) is 0 Å². The quantitative estimate of drug-likeness (QED) is 0.600. The van der Waals surface area contributed by atoms with Gasteiger partial charge in [0.2, 0.25) is 0 Å². The normalized spacial score (nSPS) is 33.6. The van der Waals surface area contributed by atoms with Gasteiger partial charge >= 0.3 is 74.7 Å². The van der Waals surface area contributed by atoms with Crippen LogP contribution < -0.4 is 0 Å². The van der Waals surface area contributed by atoms with E-state index in [2.05, 4.69) is 19.6 Å². The first-order chi connectivity index (χ1) is 4.38. The third-order valence-electron chi connectivity index (χ3n) is 1.56. The van der Waals surface area contributed by atoms with E-state index >= 15 is 0 Å². The summed E-state index contributed by atoms with van der Waals surface area (Å²) in [5, 5.41) is 0. The minimum atomic E-state index is -1.26. The van der Waals surface area contributed by atoms with Gasteiger partial charge in [0.1, 0.15) is 0 Å². The van der Waals surface area contributed by atoms with Crippen LogP contribution in [0.15, 0.2) is 0 Å². The van der Waals surface area contributed by atoms with E-state index in [0.29, 0.717) is 12.2 Å². The monoisotopic (exact) mass is 336 g/mol. The van der Waals surface area contributed by atoms with Gasteiger partial charge in [-0.3, -0.25) is 0 Å². The SMILES string of the molecule is CCC1[O][Hg][O]C1CS. The van der Waals surface area contributed by atoms with Crippen molar-refractivity contribution >= 4 is 12.6 Å². The standard InChI is InChI=1S/C5H10O2S.Hg/c1-2-4(6)5(7)3-8;/h4-5,8H,2-3H2,1H3;/q-2;+2. The van der Waals surface area contributed by atoms with Gasteiger partial charge in [-0.1, -0.05) is 0 Å². The van der Waals surface area contributed by atoms with Gasteiger partial charge < -0.3 is 0 Å². The molecule has 2 atom stereocenters. The zero-order valence-corrected chi connectivity index (χ0v) is 11.9. The van der Waals surface area contributed by atoms with Gasteiger partial charge in [-0.05, 0) is 0 Å². The third kappa shape index (κ3) is 2.07. The molecule has 2 nitrogen and oxygen atoms in total. The van der Waals surface area contributed by atoms with E-state index in [-0.39, 0.29) is 0 Å². The fraction of sp³-hybridized carbons (Fsp3) is 1.00. The Labute approximate surface area is 74.5 Å². The van der Waals surface area contributed by atoms with E-state index in [1.807, 2.05) is 0 Å². The van der Waals surface area contributed by atoms with Crippen LogP contribution in [0.25, 0.3) is 0 Å². The molecule has 1 aliphatic heterocycles. The van der Waals surface area contributed by atoms with Crippen molar-refractivity contribution in [1.82, 2.24) is 0 Å². The zero-order valence-electron chi connectivity index (χ0n) is 5.54. The molecule has 50 valence electrons. The fourth-order valence-corrected chi connectivity index (χ4v) is 6.80. The van der Waals surface area contributed by atoms with Gasteiger partial charge in [0.15, 0.2) is 0 Å². The van der Waals surface area contributed by atoms with Crippen molar-refractivity contribution in [1.29, 1.82) is 0 Å². The number of hydrogen-bond donors (Lipinski definition) is 1. The van der Waals surface area contributed by atoms with Crippen LogP contribution in [0.1, 0.15) is 13.3 Å². The maximum atomic E-state index is 5.46. The number of hydrogen-bond acceptors (Lipinski definition) is 3. The second-order valence-corrected chi connectivity index (χ2v) is 5.99. The molecule has 0 bridgehead atoms. The number of rotatable bonds is 2. The van der Waals surface area contributed by atoms with Crippen molar-refractivity contribution in [2.24, 2.45) is 0 Å². The molecule has 9 heavy (non-hydrogen) atoms. The molecule has 0 amide bonds. The average molecular weight is 335 g/mol. The fourth-order valence-electron chi connectivity index (χ4n) is 0.980. The topological polar surface area (TPSA) is 18.5 Å². The average Bonchev–Trinajstić information content (AvgIpc) is 2.33. The second kappa shape index (κ2) is 4.16. The molecule has 0 aromatic heterocycles. The first-order valence-corrected chi connectivity index (χ1v) is 8.34. The predicted octanol–water partition coefficient (Wildman–Crippen LogP) is 1.02.